The van der Waals surface area contributed by atoms with E-state index in [4.69, 9.17) is 11.1 Å². The van der Waals surface area contributed by atoms with E-state index in [1.54, 1.807) is 12.1 Å². The maximum atomic E-state index is 14.0. The lowest BCUT2D eigenvalue weighted by atomic mass is 10.1. The van der Waals surface area contributed by atoms with Gasteiger partial charge in [0.25, 0.3) is 0 Å². The number of hydrogen-bond acceptors (Lipinski definition) is 2. The number of hydrogen-bond donors (Lipinski definition) is 2. The average Bonchev–Trinajstić information content (AvgIpc) is 2.57. The Balaban J connectivity index is 2.11. The largest absolute Gasteiger partial charge is 0.384 e. The van der Waals surface area contributed by atoms with Gasteiger partial charge >= 0.3 is 0 Å². The van der Waals surface area contributed by atoms with Gasteiger partial charge in [0.15, 0.2) is 0 Å². The number of benzene rings is 1. The SMILES string of the molecule is CC1CCCCCN1Cc1ccc(C(=N)N)cc1F. The van der Waals surface area contributed by atoms with Crippen LogP contribution in [-0.4, -0.2) is 23.3 Å². The Kier molecular flexibility index (Phi) is 4.53. The molecule has 1 atom stereocenters. The average molecular weight is 263 g/mol. The van der Waals surface area contributed by atoms with E-state index >= 15 is 0 Å². The number of likely N-dealkylation sites (tertiary alicyclic amines) is 1. The van der Waals surface area contributed by atoms with Gasteiger partial charge in [-0.15, -0.1) is 0 Å². The molecule has 1 fully saturated rings. The number of amidine groups is 1. The minimum atomic E-state index is -0.260. The number of nitrogens with two attached hydrogens (primary N) is 1. The van der Waals surface area contributed by atoms with Gasteiger partial charge in [-0.2, -0.15) is 0 Å². The Morgan fingerprint density at radius 3 is 2.89 bits per heavy atom. The maximum absolute atomic E-state index is 14.0. The third-order valence-corrected chi connectivity index (χ3v) is 3.93. The van der Waals surface area contributed by atoms with Crippen molar-refractivity contribution in [3.05, 3.63) is 35.1 Å². The van der Waals surface area contributed by atoms with Gasteiger partial charge in [-0.1, -0.05) is 25.0 Å². The van der Waals surface area contributed by atoms with E-state index in [9.17, 15) is 4.39 Å². The molecule has 1 aromatic rings. The molecule has 1 heterocycles. The molecule has 2 rings (SSSR count). The van der Waals surface area contributed by atoms with Gasteiger partial charge in [-0.3, -0.25) is 10.3 Å². The standard InChI is InChI=1S/C15H22FN3/c1-11-5-3-2-4-8-19(11)10-13-7-6-12(15(17)18)9-14(13)16/h6-7,9,11H,2-5,8,10H2,1H3,(H3,17,18). The molecular formula is C15H22FN3. The topological polar surface area (TPSA) is 53.1 Å². The lowest BCUT2D eigenvalue weighted by molar-refractivity contribution is 0.202. The molecule has 1 aliphatic heterocycles. The second-order valence-electron chi connectivity index (χ2n) is 5.39. The first-order chi connectivity index (χ1) is 9.08. The lowest BCUT2D eigenvalue weighted by Crippen LogP contribution is -2.32. The van der Waals surface area contributed by atoms with Crippen LogP contribution in [0.1, 0.15) is 43.7 Å². The first-order valence-corrected chi connectivity index (χ1v) is 6.95. The van der Waals surface area contributed by atoms with Gasteiger partial charge in [-0.25, -0.2) is 4.39 Å². The van der Waals surface area contributed by atoms with Crippen LogP contribution >= 0.6 is 0 Å². The number of nitrogens with one attached hydrogen (secondary N) is 1. The van der Waals surface area contributed by atoms with Crippen LogP contribution in [0.25, 0.3) is 0 Å². The van der Waals surface area contributed by atoms with Crippen LogP contribution in [0.2, 0.25) is 0 Å². The van der Waals surface area contributed by atoms with Crippen molar-refractivity contribution >= 4 is 5.84 Å². The fourth-order valence-electron chi connectivity index (χ4n) is 2.63. The van der Waals surface area contributed by atoms with Crippen LogP contribution in [0, 0.1) is 11.2 Å². The molecule has 1 unspecified atom stereocenters. The fraction of sp³-hybridized carbons (Fsp3) is 0.533. The van der Waals surface area contributed by atoms with Gasteiger partial charge < -0.3 is 5.73 Å². The fourth-order valence-corrected chi connectivity index (χ4v) is 2.63. The highest BCUT2D eigenvalue weighted by Crippen LogP contribution is 2.20. The molecule has 19 heavy (non-hydrogen) atoms. The molecule has 1 aliphatic rings. The summed E-state index contributed by atoms with van der Waals surface area (Å²) >= 11 is 0. The lowest BCUT2D eigenvalue weighted by Gasteiger charge is -2.27. The van der Waals surface area contributed by atoms with Crippen molar-refractivity contribution in [1.82, 2.24) is 4.90 Å². The third-order valence-electron chi connectivity index (χ3n) is 3.93. The second-order valence-corrected chi connectivity index (χ2v) is 5.39. The molecule has 3 nitrogen and oxygen atoms in total. The highest BCUT2D eigenvalue weighted by atomic mass is 19.1. The molecule has 0 aromatic heterocycles. The highest BCUT2D eigenvalue weighted by Gasteiger charge is 2.18. The Bertz CT molecular complexity index is 459. The molecule has 104 valence electrons. The van der Waals surface area contributed by atoms with Crippen LogP contribution in [0.3, 0.4) is 0 Å². The van der Waals surface area contributed by atoms with Crippen LogP contribution in [0.15, 0.2) is 18.2 Å². The zero-order valence-corrected chi connectivity index (χ0v) is 11.5. The third kappa shape index (κ3) is 3.53. The van der Waals surface area contributed by atoms with Gasteiger partial charge in [-0.05, 0) is 32.4 Å². The highest BCUT2D eigenvalue weighted by molar-refractivity contribution is 5.94. The van der Waals surface area contributed by atoms with E-state index in [1.165, 1.54) is 31.7 Å². The molecule has 0 amide bonds. The molecule has 3 N–H and O–H groups in total. The first kappa shape index (κ1) is 14.0. The summed E-state index contributed by atoms with van der Waals surface area (Å²) in [6, 6.07) is 5.35. The number of nitrogens with zero attached hydrogens (tertiary/aromatic N) is 1. The maximum Gasteiger partial charge on any atom is 0.128 e. The molecule has 0 spiro atoms. The summed E-state index contributed by atoms with van der Waals surface area (Å²) in [5.74, 6) is -0.349. The Labute approximate surface area is 114 Å². The monoisotopic (exact) mass is 263 g/mol. The van der Waals surface area contributed by atoms with Crippen LogP contribution in [0.5, 0.6) is 0 Å². The van der Waals surface area contributed by atoms with Crippen LogP contribution < -0.4 is 5.73 Å². The van der Waals surface area contributed by atoms with Crippen molar-refractivity contribution in [3.63, 3.8) is 0 Å². The molecular weight excluding hydrogens is 241 g/mol. The van der Waals surface area contributed by atoms with Crippen LogP contribution in [-0.2, 0) is 6.54 Å². The molecule has 0 bridgehead atoms. The van der Waals surface area contributed by atoms with Crippen molar-refractivity contribution in [2.75, 3.05) is 6.54 Å². The molecule has 1 saturated heterocycles. The number of rotatable bonds is 3. The van der Waals surface area contributed by atoms with Crippen molar-refractivity contribution in [2.24, 2.45) is 5.73 Å². The minimum absolute atomic E-state index is 0.0893. The van der Waals surface area contributed by atoms with E-state index in [1.807, 2.05) is 0 Å². The number of nitrogen functional groups attached to an aromatic ring is 1. The zero-order valence-electron chi connectivity index (χ0n) is 11.5. The molecule has 0 aliphatic carbocycles. The van der Waals surface area contributed by atoms with Gasteiger partial charge in [0.1, 0.15) is 11.7 Å². The first-order valence-electron chi connectivity index (χ1n) is 6.95. The van der Waals surface area contributed by atoms with Gasteiger partial charge in [0.05, 0.1) is 0 Å². The second kappa shape index (κ2) is 6.15. The van der Waals surface area contributed by atoms with Crippen molar-refractivity contribution in [2.45, 2.75) is 45.2 Å². The molecule has 4 heteroatoms. The van der Waals surface area contributed by atoms with E-state index in [-0.39, 0.29) is 11.7 Å². The molecule has 0 saturated carbocycles. The van der Waals surface area contributed by atoms with E-state index in [0.29, 0.717) is 23.7 Å². The van der Waals surface area contributed by atoms with E-state index in [0.717, 1.165) is 6.54 Å². The molecule has 0 radical (unpaired) electrons. The van der Waals surface area contributed by atoms with E-state index in [2.05, 4.69) is 11.8 Å². The van der Waals surface area contributed by atoms with Gasteiger partial charge in [0, 0.05) is 23.7 Å². The van der Waals surface area contributed by atoms with Crippen molar-refractivity contribution in [3.8, 4) is 0 Å². The Morgan fingerprint density at radius 2 is 2.21 bits per heavy atom. The predicted molar refractivity (Wildman–Crippen MR) is 75.8 cm³/mol. The minimum Gasteiger partial charge on any atom is -0.384 e. The normalized spacial score (nSPS) is 21.1. The smallest absolute Gasteiger partial charge is 0.128 e. The van der Waals surface area contributed by atoms with E-state index < -0.39 is 0 Å². The Morgan fingerprint density at radius 1 is 1.42 bits per heavy atom. The number of halogens is 1. The summed E-state index contributed by atoms with van der Waals surface area (Å²) in [6.45, 7) is 3.90. The Hall–Kier alpha value is -1.42. The summed E-state index contributed by atoms with van der Waals surface area (Å²) in [4.78, 5) is 2.35. The van der Waals surface area contributed by atoms with Gasteiger partial charge in [0.2, 0.25) is 0 Å². The van der Waals surface area contributed by atoms with Crippen LogP contribution in [0.4, 0.5) is 4.39 Å². The quantitative estimate of drug-likeness (QED) is 0.651. The van der Waals surface area contributed by atoms with Crippen molar-refractivity contribution in [1.29, 1.82) is 5.41 Å². The summed E-state index contributed by atoms with van der Waals surface area (Å²) in [6.07, 6.45) is 4.92. The van der Waals surface area contributed by atoms with Crippen molar-refractivity contribution < 1.29 is 4.39 Å². The predicted octanol–water partition coefficient (Wildman–Crippen LogP) is 2.87. The summed E-state index contributed by atoms with van der Waals surface area (Å²) in [5, 5.41) is 7.32. The summed E-state index contributed by atoms with van der Waals surface area (Å²) < 4.78 is 14.0. The zero-order chi connectivity index (χ0) is 13.8. The molecule has 1 aromatic carbocycles. The summed E-state index contributed by atoms with van der Waals surface area (Å²) in [7, 11) is 0. The summed E-state index contributed by atoms with van der Waals surface area (Å²) in [5.41, 5.74) is 6.51.